The van der Waals surface area contributed by atoms with E-state index in [2.05, 4.69) is 6.92 Å². The number of ether oxygens (including phenoxy) is 3. The van der Waals surface area contributed by atoms with Gasteiger partial charge < -0.3 is 24.4 Å². The maximum Gasteiger partial charge on any atom is 0.184 e. The van der Waals surface area contributed by atoms with E-state index in [0.717, 1.165) is 23.3 Å². The lowest BCUT2D eigenvalue weighted by atomic mass is 9.64. The van der Waals surface area contributed by atoms with Crippen LogP contribution in [0.3, 0.4) is 0 Å². The number of thioether (sulfide) groups is 1. The Kier molecular flexibility index (Phi) is 6.59. The van der Waals surface area contributed by atoms with Crippen molar-refractivity contribution >= 4 is 11.8 Å². The monoisotopic (exact) mass is 416 g/mol. The maximum atomic E-state index is 11.5. The molecule has 1 saturated heterocycles. The Morgan fingerprint density at radius 2 is 1.83 bits per heavy atom. The Morgan fingerprint density at radius 1 is 1.14 bits per heavy atom. The zero-order chi connectivity index (χ0) is 20.3. The fourth-order valence-electron chi connectivity index (χ4n) is 4.01. The van der Waals surface area contributed by atoms with Gasteiger partial charge in [-0.3, -0.25) is 0 Å². The van der Waals surface area contributed by atoms with E-state index in [1.807, 2.05) is 60.7 Å². The molecule has 0 radical (unpaired) electrons. The maximum absolute atomic E-state index is 11.5. The van der Waals surface area contributed by atoms with Crippen molar-refractivity contribution in [2.45, 2.75) is 54.2 Å². The molecule has 2 N–H and O–H groups in total. The van der Waals surface area contributed by atoms with E-state index < -0.39 is 23.4 Å². The summed E-state index contributed by atoms with van der Waals surface area (Å²) < 4.78 is 18.1. The number of aliphatic hydroxyl groups is 2. The summed E-state index contributed by atoms with van der Waals surface area (Å²) in [6, 6.07) is 19.3. The van der Waals surface area contributed by atoms with Crippen LogP contribution in [0.1, 0.15) is 31.6 Å². The van der Waals surface area contributed by atoms with Gasteiger partial charge in [-0.15, -0.1) is 0 Å². The molecule has 0 bridgehead atoms. The van der Waals surface area contributed by atoms with Crippen LogP contribution >= 0.6 is 11.8 Å². The predicted molar refractivity (Wildman–Crippen MR) is 111 cm³/mol. The van der Waals surface area contributed by atoms with Crippen LogP contribution in [0, 0.1) is 5.92 Å². The second-order valence-corrected chi connectivity index (χ2v) is 8.75. The van der Waals surface area contributed by atoms with Gasteiger partial charge in [0.25, 0.3) is 0 Å². The van der Waals surface area contributed by atoms with Gasteiger partial charge in [0.2, 0.25) is 0 Å². The van der Waals surface area contributed by atoms with Gasteiger partial charge in [0.1, 0.15) is 17.1 Å². The van der Waals surface area contributed by atoms with Crippen molar-refractivity contribution in [1.29, 1.82) is 0 Å². The topological polar surface area (TPSA) is 68.2 Å². The van der Waals surface area contributed by atoms with E-state index in [4.69, 9.17) is 14.2 Å². The Bertz CT molecular complexity index is 773. The van der Waals surface area contributed by atoms with Gasteiger partial charge in [0, 0.05) is 23.0 Å². The van der Waals surface area contributed by atoms with Crippen molar-refractivity contribution in [3.63, 3.8) is 0 Å². The van der Waals surface area contributed by atoms with E-state index in [0.29, 0.717) is 13.2 Å². The summed E-state index contributed by atoms with van der Waals surface area (Å²) in [4.78, 5) is 0.893. The van der Waals surface area contributed by atoms with Crippen LogP contribution in [0.4, 0.5) is 0 Å². The van der Waals surface area contributed by atoms with Crippen LogP contribution in [0.15, 0.2) is 65.6 Å². The molecule has 156 valence electrons. The molecule has 4 rings (SSSR count). The first-order valence-corrected chi connectivity index (χ1v) is 11.1. The van der Waals surface area contributed by atoms with E-state index in [9.17, 15) is 10.2 Å². The molecule has 2 fully saturated rings. The Hall–Kier alpha value is -1.41. The summed E-state index contributed by atoms with van der Waals surface area (Å²) in [5.41, 5.74) is -1.54. The normalized spacial score (nSPS) is 32.2. The molecule has 1 aliphatic carbocycles. The minimum absolute atomic E-state index is 0.306. The summed E-state index contributed by atoms with van der Waals surface area (Å²) >= 11 is 1.24. The molecule has 1 heterocycles. The SMILES string of the molecule is CCCCOC1C2OC(c3ccccc3)OCC2C1(O)C(O)Sc1ccccc1. The van der Waals surface area contributed by atoms with Crippen molar-refractivity contribution in [2.24, 2.45) is 5.92 Å². The highest BCUT2D eigenvalue weighted by Crippen LogP contribution is 2.53. The average Bonchev–Trinajstić information content (AvgIpc) is 2.77. The lowest BCUT2D eigenvalue weighted by Gasteiger charge is -2.60. The van der Waals surface area contributed by atoms with Crippen molar-refractivity contribution in [3.8, 4) is 0 Å². The highest BCUT2D eigenvalue weighted by molar-refractivity contribution is 7.99. The molecule has 2 aliphatic rings. The second-order valence-electron chi connectivity index (χ2n) is 7.60. The van der Waals surface area contributed by atoms with Crippen LogP contribution < -0.4 is 0 Å². The highest BCUT2D eigenvalue weighted by atomic mass is 32.2. The molecule has 0 aromatic heterocycles. The molecule has 29 heavy (non-hydrogen) atoms. The predicted octanol–water partition coefficient (Wildman–Crippen LogP) is 3.76. The molecule has 6 unspecified atom stereocenters. The van der Waals surface area contributed by atoms with Crippen molar-refractivity contribution < 1.29 is 24.4 Å². The van der Waals surface area contributed by atoms with Crippen LogP contribution in [-0.2, 0) is 14.2 Å². The van der Waals surface area contributed by atoms with Crippen molar-refractivity contribution in [2.75, 3.05) is 13.2 Å². The first kappa shape index (κ1) is 20.8. The molecule has 2 aromatic carbocycles. The fourth-order valence-corrected chi connectivity index (χ4v) is 5.08. The number of hydrogen-bond acceptors (Lipinski definition) is 6. The molecule has 6 heteroatoms. The fraction of sp³-hybridized carbons (Fsp3) is 0.478. The molecular formula is C23H28O5S. The number of fused-ring (bicyclic) bond motifs is 1. The van der Waals surface area contributed by atoms with Gasteiger partial charge in [-0.2, -0.15) is 0 Å². The highest BCUT2D eigenvalue weighted by Gasteiger charge is 2.68. The summed E-state index contributed by atoms with van der Waals surface area (Å²) in [5.74, 6) is -0.347. The van der Waals surface area contributed by atoms with E-state index in [1.54, 1.807) is 0 Å². The van der Waals surface area contributed by atoms with Crippen molar-refractivity contribution in [3.05, 3.63) is 66.2 Å². The zero-order valence-corrected chi connectivity index (χ0v) is 17.3. The number of aliphatic hydroxyl groups excluding tert-OH is 1. The third kappa shape index (κ3) is 4.10. The Balaban J connectivity index is 1.51. The molecule has 1 saturated carbocycles. The van der Waals surface area contributed by atoms with Gasteiger partial charge in [-0.25, -0.2) is 0 Å². The minimum Gasteiger partial charge on any atom is -0.383 e. The average molecular weight is 417 g/mol. The zero-order valence-electron chi connectivity index (χ0n) is 16.5. The van der Waals surface area contributed by atoms with Gasteiger partial charge in [-0.05, 0) is 18.6 Å². The standard InChI is InChI=1S/C23H28O5S/c1-2-3-14-26-20-19-18(15-27-21(28-19)16-10-6-4-7-11-16)23(20,25)22(24)29-17-12-8-5-9-13-17/h4-13,18-22,24-25H,2-3,14-15H2,1H3. The smallest absolute Gasteiger partial charge is 0.184 e. The van der Waals surface area contributed by atoms with E-state index >= 15 is 0 Å². The van der Waals surface area contributed by atoms with Crippen molar-refractivity contribution in [1.82, 2.24) is 0 Å². The van der Waals surface area contributed by atoms with Gasteiger partial charge in [0.05, 0.1) is 12.7 Å². The molecule has 5 nitrogen and oxygen atoms in total. The lowest BCUT2D eigenvalue weighted by molar-refractivity contribution is -0.379. The number of unbranched alkanes of at least 4 members (excludes halogenated alkanes) is 1. The van der Waals surface area contributed by atoms with Crippen LogP contribution in [-0.4, -0.2) is 46.7 Å². The quantitative estimate of drug-likeness (QED) is 0.388. The van der Waals surface area contributed by atoms with Crippen LogP contribution in [0.25, 0.3) is 0 Å². The molecule has 1 aliphatic heterocycles. The summed E-state index contributed by atoms with van der Waals surface area (Å²) in [6.45, 7) is 2.92. The van der Waals surface area contributed by atoms with Crippen LogP contribution in [0.5, 0.6) is 0 Å². The molecule has 2 aromatic rings. The number of rotatable bonds is 8. The molecular weight excluding hydrogens is 388 g/mol. The second kappa shape index (κ2) is 9.16. The summed E-state index contributed by atoms with van der Waals surface area (Å²) in [6.07, 6.45) is 0.488. The summed E-state index contributed by atoms with van der Waals surface area (Å²) in [5, 5.41) is 22.4. The molecule has 0 spiro atoms. The van der Waals surface area contributed by atoms with E-state index in [1.165, 1.54) is 11.8 Å². The number of hydrogen-bond donors (Lipinski definition) is 2. The summed E-state index contributed by atoms with van der Waals surface area (Å²) in [7, 11) is 0. The largest absolute Gasteiger partial charge is 0.383 e. The first-order valence-electron chi connectivity index (χ1n) is 10.2. The molecule has 6 atom stereocenters. The minimum atomic E-state index is -1.43. The van der Waals surface area contributed by atoms with E-state index in [-0.39, 0.29) is 12.0 Å². The third-order valence-corrected chi connectivity index (χ3v) is 6.85. The Labute approximate surface area is 176 Å². The van der Waals surface area contributed by atoms with Gasteiger partial charge in [0.15, 0.2) is 6.29 Å². The van der Waals surface area contributed by atoms with Gasteiger partial charge >= 0.3 is 0 Å². The number of benzene rings is 2. The Morgan fingerprint density at radius 3 is 2.52 bits per heavy atom. The first-order chi connectivity index (χ1) is 14.1. The molecule has 0 amide bonds. The third-order valence-electron chi connectivity index (χ3n) is 5.71. The van der Waals surface area contributed by atoms with Gasteiger partial charge in [-0.1, -0.05) is 73.6 Å². The van der Waals surface area contributed by atoms with Crippen LogP contribution in [0.2, 0.25) is 0 Å². The lowest BCUT2D eigenvalue weighted by Crippen LogP contribution is -2.77.